The Morgan fingerprint density at radius 3 is 2.45 bits per heavy atom. The average Bonchev–Trinajstić information content (AvgIpc) is 2.87. The number of hydrogen-bond donors (Lipinski definition) is 2. The first-order valence-electron chi connectivity index (χ1n) is 7.91. The van der Waals surface area contributed by atoms with Crippen LogP contribution in [0.1, 0.15) is 39.7 Å². The van der Waals surface area contributed by atoms with Gasteiger partial charge >= 0.3 is 0 Å². The molecule has 0 aromatic heterocycles. The van der Waals surface area contributed by atoms with E-state index in [0.29, 0.717) is 6.04 Å². The molecule has 3 nitrogen and oxygen atoms in total. The molecule has 0 aliphatic carbocycles. The summed E-state index contributed by atoms with van der Waals surface area (Å²) >= 11 is 3.44. The van der Waals surface area contributed by atoms with Crippen LogP contribution in [0.2, 0.25) is 0 Å². The first-order valence-corrected chi connectivity index (χ1v) is 8.71. The first-order chi connectivity index (χ1) is 10.5. The van der Waals surface area contributed by atoms with E-state index in [2.05, 4.69) is 63.6 Å². The zero-order valence-electron chi connectivity index (χ0n) is 14.3. The van der Waals surface area contributed by atoms with Crippen molar-refractivity contribution >= 4 is 27.8 Å². The van der Waals surface area contributed by atoms with Crippen molar-refractivity contribution in [1.29, 1.82) is 0 Å². The smallest absolute Gasteiger partial charge is 0.118 e. The highest BCUT2D eigenvalue weighted by Crippen LogP contribution is 2.30. The number of benzene rings is 1. The zero-order chi connectivity index (χ0) is 16.6. The van der Waals surface area contributed by atoms with Gasteiger partial charge in [0.2, 0.25) is 0 Å². The van der Waals surface area contributed by atoms with E-state index >= 15 is 0 Å². The van der Waals surface area contributed by atoms with Crippen molar-refractivity contribution in [3.05, 3.63) is 40.5 Å². The molecule has 1 heterocycles. The third-order valence-corrected chi connectivity index (χ3v) is 4.32. The normalized spacial score (nSPS) is 20.6. The van der Waals surface area contributed by atoms with Crippen LogP contribution >= 0.6 is 15.9 Å². The van der Waals surface area contributed by atoms with E-state index in [0.717, 1.165) is 22.4 Å². The van der Waals surface area contributed by atoms with Crippen molar-refractivity contribution in [3.8, 4) is 0 Å². The SMILES string of the molecule is CC.CN=C(N/C=C/c1ccc(Br)cc1)[C@H]1NCCC1(C)C. The number of aliphatic imine (C=N–C) groups is 1. The summed E-state index contributed by atoms with van der Waals surface area (Å²) in [6, 6.07) is 8.51. The minimum Gasteiger partial charge on any atom is -0.349 e. The molecule has 122 valence electrons. The summed E-state index contributed by atoms with van der Waals surface area (Å²) in [5.74, 6) is 1.00. The Hall–Kier alpha value is -1.13. The summed E-state index contributed by atoms with van der Waals surface area (Å²) in [5.41, 5.74) is 1.41. The topological polar surface area (TPSA) is 36.4 Å². The van der Waals surface area contributed by atoms with Crippen molar-refractivity contribution in [2.45, 2.75) is 40.2 Å². The molecule has 0 saturated carbocycles. The monoisotopic (exact) mass is 365 g/mol. The van der Waals surface area contributed by atoms with Crippen LogP contribution in [0.15, 0.2) is 39.9 Å². The maximum Gasteiger partial charge on any atom is 0.118 e. The number of amidine groups is 1. The number of rotatable bonds is 3. The first kappa shape index (κ1) is 18.9. The van der Waals surface area contributed by atoms with Gasteiger partial charge in [-0.25, -0.2) is 0 Å². The number of nitrogens with one attached hydrogen (secondary N) is 2. The predicted molar refractivity (Wildman–Crippen MR) is 101 cm³/mol. The van der Waals surface area contributed by atoms with Crippen molar-refractivity contribution in [3.63, 3.8) is 0 Å². The molecule has 0 unspecified atom stereocenters. The summed E-state index contributed by atoms with van der Waals surface area (Å²) in [6.07, 6.45) is 5.19. The van der Waals surface area contributed by atoms with E-state index < -0.39 is 0 Å². The molecule has 1 aliphatic rings. The second kappa shape index (κ2) is 9.11. The minimum absolute atomic E-state index is 0.243. The summed E-state index contributed by atoms with van der Waals surface area (Å²) in [4.78, 5) is 4.40. The Morgan fingerprint density at radius 1 is 1.32 bits per heavy atom. The lowest BCUT2D eigenvalue weighted by Crippen LogP contribution is -2.45. The van der Waals surface area contributed by atoms with Gasteiger partial charge in [-0.3, -0.25) is 4.99 Å². The van der Waals surface area contributed by atoms with Crippen LogP contribution in [0, 0.1) is 5.41 Å². The molecular weight excluding hydrogens is 338 g/mol. The third-order valence-electron chi connectivity index (χ3n) is 3.79. The average molecular weight is 366 g/mol. The summed E-state index contributed by atoms with van der Waals surface area (Å²) < 4.78 is 1.09. The number of nitrogens with zero attached hydrogens (tertiary/aromatic N) is 1. The van der Waals surface area contributed by atoms with E-state index in [4.69, 9.17) is 0 Å². The molecule has 4 heteroatoms. The summed E-state index contributed by atoms with van der Waals surface area (Å²) in [6.45, 7) is 9.61. The molecule has 0 bridgehead atoms. The predicted octanol–water partition coefficient (Wildman–Crippen LogP) is 4.45. The molecule has 1 aromatic rings. The van der Waals surface area contributed by atoms with Gasteiger partial charge in [0, 0.05) is 17.7 Å². The number of halogens is 1. The zero-order valence-corrected chi connectivity index (χ0v) is 15.9. The lowest BCUT2D eigenvalue weighted by molar-refractivity contribution is 0.369. The summed E-state index contributed by atoms with van der Waals surface area (Å²) in [7, 11) is 1.84. The lowest BCUT2D eigenvalue weighted by atomic mass is 9.84. The van der Waals surface area contributed by atoms with Crippen LogP contribution < -0.4 is 10.6 Å². The maximum atomic E-state index is 4.40. The van der Waals surface area contributed by atoms with Gasteiger partial charge in [0.05, 0.1) is 6.04 Å². The van der Waals surface area contributed by atoms with Crippen LogP contribution in [0.4, 0.5) is 0 Å². The molecule has 2 N–H and O–H groups in total. The molecule has 1 aromatic carbocycles. The van der Waals surface area contributed by atoms with Crippen molar-refractivity contribution in [1.82, 2.24) is 10.6 Å². The van der Waals surface area contributed by atoms with Gasteiger partial charge < -0.3 is 10.6 Å². The largest absolute Gasteiger partial charge is 0.349 e. The van der Waals surface area contributed by atoms with Crippen molar-refractivity contribution < 1.29 is 0 Å². The highest BCUT2D eigenvalue weighted by atomic mass is 79.9. The van der Waals surface area contributed by atoms with Gasteiger partial charge in [0.15, 0.2) is 0 Å². The quantitative estimate of drug-likeness (QED) is 0.612. The van der Waals surface area contributed by atoms with Crippen LogP contribution in [-0.4, -0.2) is 25.5 Å². The van der Waals surface area contributed by atoms with E-state index in [1.165, 1.54) is 6.42 Å². The van der Waals surface area contributed by atoms with Crippen LogP contribution in [-0.2, 0) is 0 Å². The van der Waals surface area contributed by atoms with E-state index in [1.807, 2.05) is 39.2 Å². The van der Waals surface area contributed by atoms with Crippen LogP contribution in [0.3, 0.4) is 0 Å². The molecule has 2 rings (SSSR count). The fourth-order valence-corrected chi connectivity index (χ4v) is 2.76. The molecule has 1 fully saturated rings. The third kappa shape index (κ3) is 5.25. The molecule has 0 spiro atoms. The molecule has 1 atom stereocenters. The van der Waals surface area contributed by atoms with Crippen LogP contribution in [0.25, 0.3) is 6.08 Å². The van der Waals surface area contributed by atoms with Gasteiger partial charge in [-0.1, -0.05) is 55.8 Å². The Kier molecular flexibility index (Phi) is 7.83. The molecular formula is C18H28BrN3. The van der Waals surface area contributed by atoms with Gasteiger partial charge in [-0.2, -0.15) is 0 Å². The molecule has 1 aliphatic heterocycles. The molecule has 0 amide bonds. The van der Waals surface area contributed by atoms with Gasteiger partial charge in [-0.05, 0) is 42.2 Å². The minimum atomic E-state index is 0.243. The standard InChI is InChI=1S/C16H22BrN3.C2H6/c1-16(2)9-11-19-14(16)15(18-3)20-10-8-12-4-6-13(17)7-5-12;1-2/h4-8,10,14,19H,9,11H2,1-3H3,(H,18,20);1-2H3/b10-8+;/t14-;/m1./s1. The van der Waals surface area contributed by atoms with Crippen molar-refractivity contribution in [2.75, 3.05) is 13.6 Å². The van der Waals surface area contributed by atoms with Gasteiger partial charge in [-0.15, -0.1) is 0 Å². The Balaban J connectivity index is 0.00000116. The maximum absolute atomic E-state index is 4.40. The Labute approximate surface area is 143 Å². The Morgan fingerprint density at radius 2 is 1.95 bits per heavy atom. The van der Waals surface area contributed by atoms with E-state index in [-0.39, 0.29) is 5.41 Å². The van der Waals surface area contributed by atoms with Gasteiger partial charge in [0.1, 0.15) is 5.84 Å². The fourth-order valence-electron chi connectivity index (χ4n) is 2.50. The molecule has 22 heavy (non-hydrogen) atoms. The highest BCUT2D eigenvalue weighted by Gasteiger charge is 2.37. The highest BCUT2D eigenvalue weighted by molar-refractivity contribution is 9.10. The lowest BCUT2D eigenvalue weighted by Gasteiger charge is -2.27. The van der Waals surface area contributed by atoms with E-state index in [1.54, 1.807) is 0 Å². The molecule has 0 radical (unpaired) electrons. The fraction of sp³-hybridized carbons (Fsp3) is 0.500. The molecule has 1 saturated heterocycles. The van der Waals surface area contributed by atoms with Gasteiger partial charge in [0.25, 0.3) is 0 Å². The second-order valence-corrected chi connectivity index (χ2v) is 6.68. The second-order valence-electron chi connectivity index (χ2n) is 5.76. The van der Waals surface area contributed by atoms with E-state index in [9.17, 15) is 0 Å². The van der Waals surface area contributed by atoms with Crippen LogP contribution in [0.5, 0.6) is 0 Å². The van der Waals surface area contributed by atoms with Crippen molar-refractivity contribution in [2.24, 2.45) is 10.4 Å². The Bertz CT molecular complexity index is 504. The summed E-state index contributed by atoms with van der Waals surface area (Å²) in [5, 5.41) is 6.85. The number of hydrogen-bond acceptors (Lipinski definition) is 2.